The molecule has 2 fully saturated rings. The van der Waals surface area contributed by atoms with Crippen molar-refractivity contribution in [2.45, 2.75) is 50.0 Å². The van der Waals surface area contributed by atoms with Crippen LogP contribution in [0.25, 0.3) is 0 Å². The van der Waals surface area contributed by atoms with Gasteiger partial charge < -0.3 is 15.0 Å². The summed E-state index contributed by atoms with van der Waals surface area (Å²) >= 11 is 1.84. The van der Waals surface area contributed by atoms with E-state index in [0.29, 0.717) is 12.5 Å². The van der Waals surface area contributed by atoms with Crippen molar-refractivity contribution < 1.29 is 4.74 Å². The summed E-state index contributed by atoms with van der Waals surface area (Å²) in [6.45, 7) is 3.28. The number of aromatic amines is 1. The molecule has 2 aromatic heterocycles. The van der Waals surface area contributed by atoms with Gasteiger partial charge in [-0.2, -0.15) is 0 Å². The van der Waals surface area contributed by atoms with Crippen LogP contribution < -0.4 is 10.9 Å². The fraction of sp³-hybridized carbons (Fsp3) is 0.579. The number of fused-ring (bicyclic) bond motifs is 1. The molecule has 25 heavy (non-hydrogen) atoms. The Balaban J connectivity index is 1.49. The molecule has 3 aliphatic rings. The summed E-state index contributed by atoms with van der Waals surface area (Å²) in [7, 11) is 0. The minimum Gasteiger partial charge on any atom is -0.381 e. The van der Waals surface area contributed by atoms with Gasteiger partial charge in [0.05, 0.1) is 16.7 Å². The van der Waals surface area contributed by atoms with E-state index in [0.717, 1.165) is 68.9 Å². The van der Waals surface area contributed by atoms with Gasteiger partial charge in [0.1, 0.15) is 5.82 Å². The zero-order valence-electron chi connectivity index (χ0n) is 14.3. The molecular weight excluding hydrogens is 334 g/mol. The van der Waals surface area contributed by atoms with E-state index >= 15 is 0 Å². The third-order valence-electron chi connectivity index (χ3n) is 5.93. The molecule has 0 atom stereocenters. The fourth-order valence-electron chi connectivity index (χ4n) is 4.15. The van der Waals surface area contributed by atoms with Gasteiger partial charge >= 0.3 is 0 Å². The van der Waals surface area contributed by atoms with Crippen molar-refractivity contribution in [2.75, 3.05) is 19.8 Å². The van der Waals surface area contributed by atoms with Gasteiger partial charge in [-0.3, -0.25) is 4.79 Å². The minimum absolute atomic E-state index is 0.0414. The molecule has 132 valence electrons. The molecule has 1 aliphatic carbocycles. The number of hydrogen-bond acceptors (Lipinski definition) is 5. The maximum atomic E-state index is 12.5. The lowest BCUT2D eigenvalue weighted by atomic mass is 9.92. The second-order valence-electron chi connectivity index (χ2n) is 7.48. The molecule has 0 amide bonds. The molecule has 5 rings (SSSR count). The average Bonchev–Trinajstić information content (AvgIpc) is 3.32. The van der Waals surface area contributed by atoms with Gasteiger partial charge in [-0.05, 0) is 48.6 Å². The molecule has 2 N–H and O–H groups in total. The van der Waals surface area contributed by atoms with Gasteiger partial charge in [-0.1, -0.05) is 0 Å². The van der Waals surface area contributed by atoms with Crippen molar-refractivity contribution in [3.63, 3.8) is 0 Å². The number of aromatic nitrogens is 2. The largest absolute Gasteiger partial charge is 0.381 e. The van der Waals surface area contributed by atoms with E-state index < -0.39 is 0 Å². The van der Waals surface area contributed by atoms with Crippen LogP contribution in [0.1, 0.15) is 59.1 Å². The van der Waals surface area contributed by atoms with Crippen molar-refractivity contribution in [3.05, 3.63) is 49.3 Å². The van der Waals surface area contributed by atoms with Crippen LogP contribution in [-0.4, -0.2) is 29.7 Å². The number of hydrogen-bond donors (Lipinski definition) is 2. The molecule has 1 saturated carbocycles. The average molecular weight is 357 g/mol. The van der Waals surface area contributed by atoms with Crippen molar-refractivity contribution in [3.8, 4) is 0 Å². The van der Waals surface area contributed by atoms with E-state index in [1.54, 1.807) is 0 Å². The number of nitrogens with one attached hydrogen (secondary N) is 2. The second-order valence-corrected chi connectivity index (χ2v) is 8.39. The Kier molecular flexibility index (Phi) is 3.80. The lowest BCUT2D eigenvalue weighted by Crippen LogP contribution is -2.33. The monoisotopic (exact) mass is 357 g/mol. The zero-order chi connectivity index (χ0) is 16.9. The molecule has 2 aromatic rings. The van der Waals surface area contributed by atoms with Crippen molar-refractivity contribution in [1.29, 1.82) is 0 Å². The Hall–Kier alpha value is -1.50. The molecule has 0 spiro atoms. The Labute approximate surface area is 150 Å². The van der Waals surface area contributed by atoms with Crippen LogP contribution in [0.2, 0.25) is 0 Å². The maximum absolute atomic E-state index is 12.5. The van der Waals surface area contributed by atoms with E-state index in [9.17, 15) is 4.79 Å². The molecule has 0 bridgehead atoms. The Morgan fingerprint density at radius 3 is 2.92 bits per heavy atom. The van der Waals surface area contributed by atoms with Gasteiger partial charge in [0.15, 0.2) is 0 Å². The molecule has 0 aromatic carbocycles. The van der Waals surface area contributed by atoms with Gasteiger partial charge in [0.2, 0.25) is 0 Å². The van der Waals surface area contributed by atoms with Crippen molar-refractivity contribution in [2.24, 2.45) is 0 Å². The van der Waals surface area contributed by atoms with E-state index in [1.165, 1.54) is 10.4 Å². The van der Waals surface area contributed by atoms with Crippen LogP contribution >= 0.6 is 11.3 Å². The van der Waals surface area contributed by atoms with Crippen LogP contribution in [0.4, 0.5) is 0 Å². The smallest absolute Gasteiger partial charge is 0.255 e. The van der Waals surface area contributed by atoms with Gasteiger partial charge in [-0.25, -0.2) is 4.98 Å². The summed E-state index contributed by atoms with van der Waals surface area (Å²) in [4.78, 5) is 21.9. The fourth-order valence-corrected chi connectivity index (χ4v) is 5.41. The summed E-state index contributed by atoms with van der Waals surface area (Å²) in [5, 5.41) is 5.57. The predicted octanol–water partition coefficient (Wildman–Crippen LogP) is 2.45. The van der Waals surface area contributed by atoms with Crippen LogP contribution in [0, 0.1) is 0 Å². The summed E-state index contributed by atoms with van der Waals surface area (Å²) in [5.74, 6) is 1.51. The van der Waals surface area contributed by atoms with Gasteiger partial charge in [0.25, 0.3) is 5.56 Å². The summed E-state index contributed by atoms with van der Waals surface area (Å²) in [6, 6.07) is 2.37. The van der Waals surface area contributed by atoms with E-state index in [1.807, 2.05) is 11.3 Å². The highest BCUT2D eigenvalue weighted by molar-refractivity contribution is 7.10. The minimum atomic E-state index is -0.0485. The number of rotatable bonds is 3. The molecule has 2 aliphatic heterocycles. The quantitative estimate of drug-likeness (QED) is 0.885. The van der Waals surface area contributed by atoms with Crippen molar-refractivity contribution >= 4 is 11.3 Å². The number of H-pyrrole nitrogens is 1. The first-order valence-electron chi connectivity index (χ1n) is 9.26. The summed E-state index contributed by atoms with van der Waals surface area (Å²) in [5.41, 5.74) is 3.25. The lowest BCUT2D eigenvalue weighted by Gasteiger charge is -2.21. The lowest BCUT2D eigenvalue weighted by molar-refractivity contribution is 0.0854. The third kappa shape index (κ3) is 2.67. The highest BCUT2D eigenvalue weighted by Gasteiger charge is 2.50. The molecule has 4 heterocycles. The normalized spacial score (nSPS) is 22.6. The highest BCUT2D eigenvalue weighted by atomic mass is 32.1. The van der Waals surface area contributed by atoms with Gasteiger partial charge in [0, 0.05) is 37.6 Å². The second kappa shape index (κ2) is 6.04. The Morgan fingerprint density at radius 1 is 1.28 bits per heavy atom. The SMILES string of the molecule is O=c1[nH]c(C2(c3cc(C4CCOCC4)cs3)CC2)nc2c1CNCC2. The first-order chi connectivity index (χ1) is 12.3. The standard InChI is InChI=1S/C19H23N3O2S/c23-17-14-10-20-6-1-15(14)21-18(22-17)19(4-5-19)16-9-13(11-25-16)12-2-7-24-8-3-12/h9,11-12,20H,1-8,10H2,(H,21,22,23). The first kappa shape index (κ1) is 15.7. The first-order valence-corrected chi connectivity index (χ1v) is 10.1. The van der Waals surface area contributed by atoms with Gasteiger partial charge in [-0.15, -0.1) is 11.3 Å². The topological polar surface area (TPSA) is 67.0 Å². The van der Waals surface area contributed by atoms with E-state index in [4.69, 9.17) is 9.72 Å². The van der Waals surface area contributed by atoms with E-state index in [2.05, 4.69) is 21.7 Å². The molecule has 0 radical (unpaired) electrons. The number of thiophene rings is 1. The van der Waals surface area contributed by atoms with E-state index in [-0.39, 0.29) is 11.0 Å². The molecular formula is C19H23N3O2S. The number of ether oxygens (including phenoxy) is 1. The maximum Gasteiger partial charge on any atom is 0.255 e. The molecule has 6 heteroatoms. The van der Waals surface area contributed by atoms with Crippen LogP contribution in [0.3, 0.4) is 0 Å². The van der Waals surface area contributed by atoms with Crippen LogP contribution in [-0.2, 0) is 23.1 Å². The number of nitrogens with zero attached hydrogens (tertiary/aromatic N) is 1. The van der Waals surface area contributed by atoms with Crippen LogP contribution in [0.5, 0.6) is 0 Å². The summed E-state index contributed by atoms with van der Waals surface area (Å²) in [6.07, 6.45) is 5.25. The van der Waals surface area contributed by atoms with Crippen molar-refractivity contribution in [1.82, 2.24) is 15.3 Å². The molecule has 5 nitrogen and oxygen atoms in total. The Morgan fingerprint density at radius 2 is 2.12 bits per heavy atom. The Bertz CT molecular complexity index is 847. The molecule has 0 unspecified atom stereocenters. The molecule has 1 saturated heterocycles. The highest BCUT2D eigenvalue weighted by Crippen LogP contribution is 2.54. The third-order valence-corrected chi connectivity index (χ3v) is 7.08. The predicted molar refractivity (Wildman–Crippen MR) is 97.4 cm³/mol. The summed E-state index contributed by atoms with van der Waals surface area (Å²) < 4.78 is 5.49. The van der Waals surface area contributed by atoms with Crippen LogP contribution in [0.15, 0.2) is 16.2 Å². The zero-order valence-corrected chi connectivity index (χ0v) is 15.1.